The SMILES string of the molecule is CCCCCC(Br)C1=NC(=O)OCCC1OC(C)=O. The fourth-order valence-corrected chi connectivity index (χ4v) is 2.64. The third-order valence-corrected chi connectivity index (χ3v) is 3.77. The Labute approximate surface area is 121 Å². The van der Waals surface area contributed by atoms with Gasteiger partial charge in [-0.05, 0) is 6.42 Å². The van der Waals surface area contributed by atoms with Crippen LogP contribution in [0.5, 0.6) is 0 Å². The van der Waals surface area contributed by atoms with Crippen LogP contribution in [0.2, 0.25) is 0 Å². The molecular weight excluding hydrogens is 314 g/mol. The van der Waals surface area contributed by atoms with Gasteiger partial charge in [0.2, 0.25) is 0 Å². The van der Waals surface area contributed by atoms with Gasteiger partial charge in [0.1, 0.15) is 6.10 Å². The normalized spacial score (nSPS) is 21.1. The number of ether oxygens (including phenoxy) is 2. The van der Waals surface area contributed by atoms with E-state index in [1.165, 1.54) is 6.92 Å². The molecule has 2 atom stereocenters. The van der Waals surface area contributed by atoms with Crippen LogP contribution in [-0.4, -0.2) is 35.3 Å². The van der Waals surface area contributed by atoms with E-state index in [9.17, 15) is 9.59 Å². The zero-order valence-electron chi connectivity index (χ0n) is 11.4. The first kappa shape index (κ1) is 16.1. The highest BCUT2D eigenvalue weighted by Crippen LogP contribution is 2.20. The van der Waals surface area contributed by atoms with Crippen LogP contribution in [0.15, 0.2) is 4.99 Å². The molecule has 0 spiro atoms. The van der Waals surface area contributed by atoms with E-state index in [1.807, 2.05) is 0 Å². The van der Waals surface area contributed by atoms with Gasteiger partial charge in [-0.2, -0.15) is 4.99 Å². The van der Waals surface area contributed by atoms with Gasteiger partial charge in [0.25, 0.3) is 0 Å². The molecule has 2 unspecified atom stereocenters. The second-order valence-electron chi connectivity index (χ2n) is 4.50. The molecule has 108 valence electrons. The Balaban J connectivity index is 2.74. The maximum atomic E-state index is 11.4. The number of amides is 1. The minimum atomic E-state index is -0.607. The molecule has 1 amide bonds. The molecule has 0 fully saturated rings. The molecule has 0 aromatic carbocycles. The predicted molar refractivity (Wildman–Crippen MR) is 75.8 cm³/mol. The van der Waals surface area contributed by atoms with Gasteiger partial charge in [-0.1, -0.05) is 42.1 Å². The molecule has 6 heteroatoms. The summed E-state index contributed by atoms with van der Waals surface area (Å²) in [6, 6.07) is 0. The first-order chi connectivity index (χ1) is 9.04. The summed E-state index contributed by atoms with van der Waals surface area (Å²) in [6.07, 6.45) is 3.52. The average Bonchev–Trinajstić information content (AvgIpc) is 2.51. The number of nitrogens with zero attached hydrogens (tertiary/aromatic N) is 1. The molecule has 1 aliphatic heterocycles. The number of esters is 1. The van der Waals surface area contributed by atoms with Crippen molar-refractivity contribution in [2.24, 2.45) is 4.99 Å². The molecule has 1 rings (SSSR count). The second kappa shape index (κ2) is 8.30. The van der Waals surface area contributed by atoms with Gasteiger partial charge in [-0.25, -0.2) is 4.79 Å². The summed E-state index contributed by atoms with van der Waals surface area (Å²) in [4.78, 5) is 26.4. The highest BCUT2D eigenvalue weighted by atomic mass is 79.9. The van der Waals surface area contributed by atoms with E-state index in [0.717, 1.165) is 25.7 Å². The maximum absolute atomic E-state index is 11.4. The molecule has 0 aliphatic carbocycles. The molecule has 0 saturated carbocycles. The van der Waals surface area contributed by atoms with Crippen molar-refractivity contribution in [2.45, 2.75) is 56.9 Å². The summed E-state index contributed by atoms with van der Waals surface area (Å²) < 4.78 is 10.1. The van der Waals surface area contributed by atoms with Gasteiger partial charge in [0.15, 0.2) is 0 Å². The first-order valence-electron chi connectivity index (χ1n) is 6.61. The lowest BCUT2D eigenvalue weighted by molar-refractivity contribution is -0.143. The molecule has 5 nitrogen and oxygen atoms in total. The van der Waals surface area contributed by atoms with Crippen LogP contribution < -0.4 is 0 Å². The van der Waals surface area contributed by atoms with Gasteiger partial charge in [0.05, 0.1) is 17.1 Å². The maximum Gasteiger partial charge on any atom is 0.433 e. The Bertz CT molecular complexity index is 357. The number of unbranched alkanes of at least 4 members (excludes halogenated alkanes) is 2. The largest absolute Gasteiger partial charge is 0.456 e. The number of rotatable bonds is 6. The van der Waals surface area contributed by atoms with Crippen LogP contribution in [0.3, 0.4) is 0 Å². The number of hydrogen-bond acceptors (Lipinski definition) is 4. The Hall–Kier alpha value is -0.910. The van der Waals surface area contributed by atoms with Gasteiger partial charge in [0, 0.05) is 13.3 Å². The van der Waals surface area contributed by atoms with Crippen LogP contribution in [-0.2, 0) is 14.3 Å². The molecule has 1 aliphatic rings. The first-order valence-corrected chi connectivity index (χ1v) is 7.52. The summed E-state index contributed by atoms with van der Waals surface area (Å²) in [5, 5.41) is 0. The van der Waals surface area contributed by atoms with Crippen LogP contribution >= 0.6 is 15.9 Å². The Kier molecular flexibility index (Phi) is 7.05. The molecule has 0 radical (unpaired) electrons. The quantitative estimate of drug-likeness (QED) is 0.425. The lowest BCUT2D eigenvalue weighted by Crippen LogP contribution is -2.33. The van der Waals surface area contributed by atoms with Crippen LogP contribution in [0.25, 0.3) is 0 Å². The third-order valence-electron chi connectivity index (χ3n) is 2.85. The van der Waals surface area contributed by atoms with Gasteiger partial charge in [-0.15, -0.1) is 0 Å². The van der Waals surface area contributed by atoms with Gasteiger partial charge in [-0.3, -0.25) is 4.79 Å². The Morgan fingerprint density at radius 2 is 2.32 bits per heavy atom. The van der Waals surface area contributed by atoms with E-state index in [1.54, 1.807) is 0 Å². The fraction of sp³-hybridized carbons (Fsp3) is 0.769. The second-order valence-corrected chi connectivity index (χ2v) is 5.61. The van der Waals surface area contributed by atoms with E-state index >= 15 is 0 Å². The molecule has 1 heterocycles. The van der Waals surface area contributed by atoms with Crippen molar-refractivity contribution in [1.29, 1.82) is 0 Å². The number of alkyl halides is 1. The summed E-state index contributed by atoms with van der Waals surface area (Å²) in [5.74, 6) is -0.375. The zero-order valence-corrected chi connectivity index (χ0v) is 12.9. The summed E-state index contributed by atoms with van der Waals surface area (Å²) >= 11 is 3.53. The van der Waals surface area contributed by atoms with Gasteiger partial charge >= 0.3 is 12.1 Å². The van der Waals surface area contributed by atoms with Crippen LogP contribution in [0.1, 0.15) is 46.0 Å². The molecule has 0 aromatic heterocycles. The fourth-order valence-electron chi connectivity index (χ4n) is 1.92. The Morgan fingerprint density at radius 1 is 1.58 bits per heavy atom. The monoisotopic (exact) mass is 333 g/mol. The third kappa shape index (κ3) is 5.72. The van der Waals surface area contributed by atoms with E-state index < -0.39 is 12.2 Å². The number of carbonyl (C=O) groups is 2. The highest BCUT2D eigenvalue weighted by Gasteiger charge is 2.29. The summed E-state index contributed by atoms with van der Waals surface area (Å²) in [7, 11) is 0. The van der Waals surface area contributed by atoms with Crippen molar-refractivity contribution >= 4 is 33.7 Å². The summed E-state index contributed by atoms with van der Waals surface area (Å²) in [5.41, 5.74) is 0.564. The average molecular weight is 334 g/mol. The minimum Gasteiger partial charge on any atom is -0.456 e. The lowest BCUT2D eigenvalue weighted by atomic mass is 10.0. The smallest absolute Gasteiger partial charge is 0.433 e. The molecule has 0 aromatic rings. The lowest BCUT2D eigenvalue weighted by Gasteiger charge is -2.20. The van der Waals surface area contributed by atoms with Crippen molar-refractivity contribution in [3.63, 3.8) is 0 Å². The number of halogens is 1. The van der Waals surface area contributed by atoms with E-state index in [-0.39, 0.29) is 17.4 Å². The van der Waals surface area contributed by atoms with E-state index in [2.05, 4.69) is 27.8 Å². The van der Waals surface area contributed by atoms with E-state index in [4.69, 9.17) is 9.47 Å². The molecule has 0 saturated heterocycles. The topological polar surface area (TPSA) is 65.0 Å². The highest BCUT2D eigenvalue weighted by molar-refractivity contribution is 9.10. The molecule has 0 N–H and O–H groups in total. The number of hydrogen-bond donors (Lipinski definition) is 0. The number of cyclic esters (lactones) is 1. The molecule has 0 bridgehead atoms. The van der Waals surface area contributed by atoms with Crippen LogP contribution in [0, 0.1) is 0 Å². The van der Waals surface area contributed by atoms with Crippen molar-refractivity contribution in [3.05, 3.63) is 0 Å². The van der Waals surface area contributed by atoms with Gasteiger partial charge < -0.3 is 9.47 Å². The predicted octanol–water partition coefficient (Wildman–Crippen LogP) is 3.24. The number of carbonyl (C=O) groups excluding carboxylic acids is 2. The minimum absolute atomic E-state index is 0.0611. The number of aliphatic imine (C=N–C) groups is 1. The van der Waals surface area contributed by atoms with Crippen molar-refractivity contribution in [3.8, 4) is 0 Å². The molecular formula is C13H20BrNO4. The standard InChI is InChI=1S/C13H20BrNO4/c1-3-4-5-6-10(14)12-11(19-9(2)16)7-8-18-13(17)15-12/h10-11H,3-8H2,1-2H3. The Morgan fingerprint density at radius 3 is 2.95 bits per heavy atom. The zero-order chi connectivity index (χ0) is 14.3. The van der Waals surface area contributed by atoms with E-state index in [0.29, 0.717) is 12.1 Å². The van der Waals surface area contributed by atoms with Crippen LogP contribution in [0.4, 0.5) is 4.79 Å². The summed E-state index contributed by atoms with van der Waals surface area (Å²) in [6.45, 7) is 3.70. The molecule has 19 heavy (non-hydrogen) atoms. The van der Waals surface area contributed by atoms with Crippen molar-refractivity contribution in [1.82, 2.24) is 0 Å². The van der Waals surface area contributed by atoms with Crippen molar-refractivity contribution in [2.75, 3.05) is 6.61 Å². The van der Waals surface area contributed by atoms with Crippen molar-refractivity contribution < 1.29 is 19.1 Å².